The molecule has 1 aromatic rings. The lowest BCUT2D eigenvalue weighted by Crippen LogP contribution is -2.18. The SMILES string of the molecule is COc1cccc(C(C)(F)F)c1CC1(O)CC1. The van der Waals surface area contributed by atoms with Crippen molar-refractivity contribution in [3.63, 3.8) is 0 Å². The van der Waals surface area contributed by atoms with E-state index in [1.807, 2.05) is 0 Å². The third-order valence-corrected chi connectivity index (χ3v) is 3.16. The van der Waals surface area contributed by atoms with Gasteiger partial charge in [0.25, 0.3) is 5.92 Å². The first-order valence-electron chi connectivity index (χ1n) is 5.62. The lowest BCUT2D eigenvalue weighted by molar-refractivity contribution is 0.0155. The predicted molar refractivity (Wildman–Crippen MR) is 60.4 cm³/mol. The minimum atomic E-state index is -2.92. The normalized spacial score (nSPS) is 17.9. The lowest BCUT2D eigenvalue weighted by Gasteiger charge is -2.20. The van der Waals surface area contributed by atoms with Gasteiger partial charge in [0, 0.05) is 24.5 Å². The van der Waals surface area contributed by atoms with E-state index in [4.69, 9.17) is 4.74 Å². The van der Waals surface area contributed by atoms with E-state index in [1.165, 1.54) is 13.2 Å². The Hall–Kier alpha value is -1.16. The lowest BCUT2D eigenvalue weighted by atomic mass is 9.96. The molecular formula is C13H16F2O2. The van der Waals surface area contributed by atoms with E-state index in [0.29, 0.717) is 24.2 Å². The second kappa shape index (κ2) is 3.95. The van der Waals surface area contributed by atoms with Gasteiger partial charge in [0.2, 0.25) is 0 Å². The van der Waals surface area contributed by atoms with Crippen LogP contribution < -0.4 is 4.74 Å². The van der Waals surface area contributed by atoms with Crippen LogP contribution in [-0.2, 0) is 12.3 Å². The van der Waals surface area contributed by atoms with Gasteiger partial charge in [0.1, 0.15) is 5.75 Å². The van der Waals surface area contributed by atoms with E-state index in [0.717, 1.165) is 6.92 Å². The minimum Gasteiger partial charge on any atom is -0.496 e. The summed E-state index contributed by atoms with van der Waals surface area (Å²) in [4.78, 5) is 0. The average Bonchev–Trinajstić information content (AvgIpc) is 2.95. The van der Waals surface area contributed by atoms with Crippen LogP contribution in [0, 0.1) is 0 Å². The Balaban J connectivity index is 2.44. The summed E-state index contributed by atoms with van der Waals surface area (Å²) in [6, 6.07) is 4.59. The second-order valence-electron chi connectivity index (χ2n) is 4.78. The number of methoxy groups -OCH3 is 1. The zero-order valence-corrected chi connectivity index (χ0v) is 9.96. The predicted octanol–water partition coefficient (Wildman–Crippen LogP) is 2.87. The summed E-state index contributed by atoms with van der Waals surface area (Å²) in [6.07, 6.45) is 1.56. The molecule has 94 valence electrons. The molecule has 0 aliphatic heterocycles. The Labute approximate surface area is 99.2 Å². The van der Waals surface area contributed by atoms with Gasteiger partial charge < -0.3 is 9.84 Å². The van der Waals surface area contributed by atoms with Gasteiger partial charge in [-0.3, -0.25) is 0 Å². The van der Waals surface area contributed by atoms with Crippen molar-refractivity contribution in [2.24, 2.45) is 0 Å². The van der Waals surface area contributed by atoms with Crippen molar-refractivity contribution in [2.45, 2.75) is 37.7 Å². The molecule has 1 saturated carbocycles. The van der Waals surface area contributed by atoms with E-state index in [-0.39, 0.29) is 12.0 Å². The van der Waals surface area contributed by atoms with Crippen molar-refractivity contribution < 1.29 is 18.6 Å². The van der Waals surface area contributed by atoms with Crippen LogP contribution in [0.3, 0.4) is 0 Å². The number of hydrogen-bond donors (Lipinski definition) is 1. The maximum absolute atomic E-state index is 13.5. The molecule has 1 aromatic carbocycles. The maximum Gasteiger partial charge on any atom is 0.270 e. The summed E-state index contributed by atoms with van der Waals surface area (Å²) in [6.45, 7) is 0.863. The fourth-order valence-electron chi connectivity index (χ4n) is 2.00. The highest BCUT2D eigenvalue weighted by Gasteiger charge is 2.43. The highest BCUT2D eigenvalue weighted by atomic mass is 19.3. The van der Waals surface area contributed by atoms with Crippen molar-refractivity contribution in [3.8, 4) is 5.75 Å². The number of rotatable bonds is 4. The van der Waals surface area contributed by atoms with Crippen LogP contribution in [0.2, 0.25) is 0 Å². The van der Waals surface area contributed by atoms with Crippen LogP contribution >= 0.6 is 0 Å². The monoisotopic (exact) mass is 242 g/mol. The molecule has 1 aliphatic rings. The smallest absolute Gasteiger partial charge is 0.270 e. The largest absolute Gasteiger partial charge is 0.496 e. The van der Waals surface area contributed by atoms with Crippen molar-refractivity contribution in [3.05, 3.63) is 29.3 Å². The van der Waals surface area contributed by atoms with Gasteiger partial charge >= 0.3 is 0 Å². The summed E-state index contributed by atoms with van der Waals surface area (Å²) in [5, 5.41) is 9.89. The zero-order valence-electron chi connectivity index (χ0n) is 9.96. The molecule has 0 atom stereocenters. The number of ether oxygens (including phenoxy) is 1. The van der Waals surface area contributed by atoms with Crippen molar-refractivity contribution in [2.75, 3.05) is 7.11 Å². The molecule has 0 amide bonds. The summed E-state index contributed by atoms with van der Waals surface area (Å²) >= 11 is 0. The molecule has 1 aliphatic carbocycles. The van der Waals surface area contributed by atoms with Crippen molar-refractivity contribution in [1.29, 1.82) is 0 Å². The zero-order chi connectivity index (χ0) is 12.7. The van der Waals surface area contributed by atoms with Crippen LogP contribution in [-0.4, -0.2) is 17.8 Å². The van der Waals surface area contributed by atoms with E-state index in [9.17, 15) is 13.9 Å². The third-order valence-electron chi connectivity index (χ3n) is 3.16. The van der Waals surface area contributed by atoms with Crippen LogP contribution in [0.4, 0.5) is 8.78 Å². The molecule has 2 nitrogen and oxygen atoms in total. The Bertz CT molecular complexity index is 420. The van der Waals surface area contributed by atoms with Crippen molar-refractivity contribution in [1.82, 2.24) is 0 Å². The van der Waals surface area contributed by atoms with E-state index >= 15 is 0 Å². The van der Waals surface area contributed by atoms with Crippen molar-refractivity contribution >= 4 is 0 Å². The molecule has 1 fully saturated rings. The Morgan fingerprint density at radius 2 is 2.06 bits per heavy atom. The number of alkyl halides is 2. The highest BCUT2D eigenvalue weighted by Crippen LogP contribution is 2.43. The van der Waals surface area contributed by atoms with Gasteiger partial charge in [0.15, 0.2) is 0 Å². The number of halogens is 2. The van der Waals surface area contributed by atoms with E-state index < -0.39 is 11.5 Å². The van der Waals surface area contributed by atoms with Gasteiger partial charge in [-0.05, 0) is 18.9 Å². The topological polar surface area (TPSA) is 29.5 Å². The molecule has 2 rings (SSSR count). The first-order chi connectivity index (χ1) is 7.86. The molecule has 0 heterocycles. The summed E-state index contributed by atoms with van der Waals surface area (Å²) in [5.74, 6) is -2.50. The average molecular weight is 242 g/mol. The Kier molecular flexibility index (Phi) is 2.86. The fourth-order valence-corrected chi connectivity index (χ4v) is 2.00. The molecule has 0 saturated heterocycles. The van der Waals surface area contributed by atoms with Gasteiger partial charge in [0.05, 0.1) is 12.7 Å². The second-order valence-corrected chi connectivity index (χ2v) is 4.78. The van der Waals surface area contributed by atoms with Crippen LogP contribution in [0.5, 0.6) is 5.75 Å². The summed E-state index contributed by atoms with van der Waals surface area (Å²) < 4.78 is 32.1. The Morgan fingerprint density at radius 3 is 2.53 bits per heavy atom. The molecule has 1 N–H and O–H groups in total. The number of benzene rings is 1. The highest BCUT2D eigenvalue weighted by molar-refractivity contribution is 5.43. The molecule has 4 heteroatoms. The van der Waals surface area contributed by atoms with Gasteiger partial charge in [-0.25, -0.2) is 8.78 Å². The number of aliphatic hydroxyl groups is 1. The molecule has 0 bridgehead atoms. The Morgan fingerprint density at radius 1 is 1.41 bits per heavy atom. The van der Waals surface area contributed by atoms with Gasteiger partial charge in [-0.1, -0.05) is 12.1 Å². The molecule has 0 unspecified atom stereocenters. The summed E-state index contributed by atoms with van der Waals surface area (Å²) in [5.41, 5.74) is -0.450. The van der Waals surface area contributed by atoms with Crippen LogP contribution in [0.25, 0.3) is 0 Å². The first-order valence-corrected chi connectivity index (χ1v) is 5.62. The quantitative estimate of drug-likeness (QED) is 0.879. The molecular weight excluding hydrogens is 226 g/mol. The van der Waals surface area contributed by atoms with Gasteiger partial charge in [-0.15, -0.1) is 0 Å². The maximum atomic E-state index is 13.5. The van der Waals surface area contributed by atoms with E-state index in [1.54, 1.807) is 12.1 Å². The van der Waals surface area contributed by atoms with Gasteiger partial charge in [-0.2, -0.15) is 0 Å². The first kappa shape index (κ1) is 12.3. The summed E-state index contributed by atoms with van der Waals surface area (Å²) in [7, 11) is 1.45. The minimum absolute atomic E-state index is 0.0582. The standard InChI is InChI=1S/C13H16F2O2/c1-12(14,15)10-4-3-5-11(17-2)9(10)8-13(16)6-7-13/h3-5,16H,6-8H2,1-2H3. The number of hydrogen-bond acceptors (Lipinski definition) is 2. The third kappa shape index (κ3) is 2.57. The van der Waals surface area contributed by atoms with Crippen LogP contribution in [0.1, 0.15) is 30.9 Å². The molecule has 0 spiro atoms. The van der Waals surface area contributed by atoms with Crippen LogP contribution in [0.15, 0.2) is 18.2 Å². The van der Waals surface area contributed by atoms with E-state index in [2.05, 4.69) is 0 Å². The molecule has 17 heavy (non-hydrogen) atoms. The molecule has 0 aromatic heterocycles. The fraction of sp³-hybridized carbons (Fsp3) is 0.538. The molecule has 0 radical (unpaired) electrons.